The number of hydrogen-bond acceptors (Lipinski definition) is 2. The predicted molar refractivity (Wildman–Crippen MR) is 85.8 cm³/mol. The van der Waals surface area contributed by atoms with Crippen LogP contribution >= 0.6 is 0 Å². The Morgan fingerprint density at radius 1 is 1.24 bits per heavy atom. The average molecular weight is 290 g/mol. The van der Waals surface area contributed by atoms with Gasteiger partial charge in [0.2, 0.25) is 0 Å². The lowest BCUT2D eigenvalue weighted by Gasteiger charge is -2.52. The molecule has 2 heteroatoms. The lowest BCUT2D eigenvalue weighted by atomic mass is 9.54. The molecule has 2 nitrogen and oxygen atoms in total. The molecule has 1 heterocycles. The highest BCUT2D eigenvalue weighted by Crippen LogP contribution is 2.65. The smallest absolute Gasteiger partial charge is 0.127 e. The zero-order chi connectivity index (χ0) is 15.5. The topological polar surface area (TPSA) is 29.5 Å². The molecule has 0 saturated heterocycles. The van der Waals surface area contributed by atoms with Crippen molar-refractivity contribution in [3.8, 4) is 0 Å². The van der Waals surface area contributed by atoms with Gasteiger partial charge in [-0.2, -0.15) is 0 Å². The summed E-state index contributed by atoms with van der Waals surface area (Å²) in [5.41, 5.74) is -0.884. The third kappa shape index (κ3) is 1.94. The fourth-order valence-electron chi connectivity index (χ4n) is 5.38. The third-order valence-corrected chi connectivity index (χ3v) is 6.84. The van der Waals surface area contributed by atoms with Gasteiger partial charge in [-0.1, -0.05) is 33.8 Å². The summed E-state index contributed by atoms with van der Waals surface area (Å²) in [6.07, 6.45) is 10.3. The Bertz CT molecular complexity index is 492. The Morgan fingerprint density at radius 2 is 1.95 bits per heavy atom. The summed E-state index contributed by atoms with van der Waals surface area (Å²) in [7, 11) is 0. The molecule has 2 fully saturated rings. The Labute approximate surface area is 129 Å². The van der Waals surface area contributed by atoms with Gasteiger partial charge in [0.15, 0.2) is 0 Å². The molecule has 1 unspecified atom stereocenters. The molecule has 4 atom stereocenters. The Balaban J connectivity index is 1.94. The van der Waals surface area contributed by atoms with Gasteiger partial charge in [0.1, 0.15) is 17.0 Å². The van der Waals surface area contributed by atoms with Gasteiger partial charge in [0, 0.05) is 11.8 Å². The number of aliphatic hydroxyl groups is 1. The van der Waals surface area contributed by atoms with E-state index in [9.17, 15) is 5.11 Å². The number of fused-ring (bicyclic) bond motifs is 1. The van der Waals surface area contributed by atoms with Crippen molar-refractivity contribution in [2.45, 2.75) is 77.4 Å². The summed E-state index contributed by atoms with van der Waals surface area (Å²) in [6.45, 7) is 13.0. The van der Waals surface area contributed by atoms with Crippen LogP contribution in [0.1, 0.15) is 66.2 Å². The van der Waals surface area contributed by atoms with Crippen molar-refractivity contribution in [2.75, 3.05) is 0 Å². The Morgan fingerprint density at radius 3 is 2.57 bits per heavy atom. The molecule has 0 spiro atoms. The minimum absolute atomic E-state index is 0.0625. The van der Waals surface area contributed by atoms with Gasteiger partial charge >= 0.3 is 0 Å². The zero-order valence-electron chi connectivity index (χ0n) is 14.0. The summed E-state index contributed by atoms with van der Waals surface area (Å²) in [5, 5.41) is 11.6. The molecule has 2 aliphatic carbocycles. The fraction of sp³-hybridized carbons (Fsp3) is 0.789. The molecule has 0 aromatic rings. The van der Waals surface area contributed by atoms with E-state index in [0.717, 1.165) is 31.4 Å². The predicted octanol–water partition coefficient (Wildman–Crippen LogP) is 4.59. The molecule has 0 aromatic carbocycles. The maximum absolute atomic E-state index is 11.6. The van der Waals surface area contributed by atoms with Gasteiger partial charge in [-0.15, -0.1) is 0 Å². The van der Waals surface area contributed by atoms with Crippen molar-refractivity contribution in [1.82, 2.24) is 0 Å². The van der Waals surface area contributed by atoms with E-state index >= 15 is 0 Å². The quantitative estimate of drug-likeness (QED) is 0.754. The number of ether oxygens (including phenoxy) is 1. The van der Waals surface area contributed by atoms with E-state index in [-0.39, 0.29) is 11.0 Å². The van der Waals surface area contributed by atoms with Crippen LogP contribution in [-0.4, -0.2) is 16.3 Å². The van der Waals surface area contributed by atoms with E-state index in [2.05, 4.69) is 33.4 Å². The summed E-state index contributed by atoms with van der Waals surface area (Å²) >= 11 is 0. The van der Waals surface area contributed by atoms with Crippen LogP contribution in [0.5, 0.6) is 0 Å². The second kappa shape index (κ2) is 4.38. The van der Waals surface area contributed by atoms with Crippen LogP contribution in [0, 0.1) is 16.7 Å². The number of hydrogen-bond donors (Lipinski definition) is 1. The highest BCUT2D eigenvalue weighted by molar-refractivity contribution is 5.28. The van der Waals surface area contributed by atoms with Crippen LogP contribution in [0.4, 0.5) is 0 Å². The van der Waals surface area contributed by atoms with E-state index in [1.54, 1.807) is 0 Å². The van der Waals surface area contributed by atoms with Crippen molar-refractivity contribution in [3.63, 3.8) is 0 Å². The number of rotatable bonds is 2. The molecule has 1 aliphatic heterocycles. The van der Waals surface area contributed by atoms with Crippen LogP contribution in [0.2, 0.25) is 0 Å². The standard InChI is InChI=1S/C19H30O2/c1-6-17(4)12-9-15(21-17)19(20)13-8-14-16(2,3)10-7-11-18(14,19)5/h6,9,14,20H,1,7-8,10-13H2,2-5H3/t14?,17-,18+,19-/m0/s1. The first-order valence-electron chi connectivity index (χ1n) is 8.43. The van der Waals surface area contributed by atoms with Gasteiger partial charge in [0.05, 0.1) is 0 Å². The first-order chi connectivity index (χ1) is 9.67. The van der Waals surface area contributed by atoms with E-state index < -0.39 is 5.60 Å². The molecular weight excluding hydrogens is 260 g/mol. The van der Waals surface area contributed by atoms with Crippen LogP contribution < -0.4 is 0 Å². The van der Waals surface area contributed by atoms with Crippen LogP contribution in [0.3, 0.4) is 0 Å². The van der Waals surface area contributed by atoms with Gasteiger partial charge in [-0.05, 0) is 56.1 Å². The Kier molecular flexibility index (Phi) is 3.16. The van der Waals surface area contributed by atoms with Crippen molar-refractivity contribution >= 4 is 0 Å². The molecule has 3 aliphatic rings. The SMILES string of the molecule is C=C[C@@]1(C)CC=C([C@@]2(O)CCC3C(C)(C)CCC[C@]32C)O1. The minimum Gasteiger partial charge on any atom is -0.485 e. The van der Waals surface area contributed by atoms with E-state index in [1.165, 1.54) is 12.8 Å². The molecule has 2 saturated carbocycles. The maximum Gasteiger partial charge on any atom is 0.127 e. The Hall–Kier alpha value is -0.760. The molecule has 0 amide bonds. The van der Waals surface area contributed by atoms with Crippen molar-refractivity contribution in [3.05, 3.63) is 24.5 Å². The summed E-state index contributed by atoms with van der Waals surface area (Å²) in [5.74, 6) is 1.39. The fourth-order valence-corrected chi connectivity index (χ4v) is 5.38. The van der Waals surface area contributed by atoms with Crippen molar-refractivity contribution in [2.24, 2.45) is 16.7 Å². The lowest BCUT2D eigenvalue weighted by molar-refractivity contribution is -0.122. The lowest BCUT2D eigenvalue weighted by Crippen LogP contribution is -2.52. The second-order valence-electron chi connectivity index (χ2n) is 8.60. The maximum atomic E-state index is 11.6. The third-order valence-electron chi connectivity index (χ3n) is 6.84. The van der Waals surface area contributed by atoms with Crippen LogP contribution in [-0.2, 0) is 4.74 Å². The first-order valence-corrected chi connectivity index (χ1v) is 8.43. The van der Waals surface area contributed by atoms with Crippen LogP contribution in [0.15, 0.2) is 24.5 Å². The molecule has 0 bridgehead atoms. The van der Waals surface area contributed by atoms with Crippen molar-refractivity contribution < 1.29 is 9.84 Å². The largest absolute Gasteiger partial charge is 0.485 e. The van der Waals surface area contributed by atoms with E-state index in [1.807, 2.05) is 13.0 Å². The average Bonchev–Trinajstić information content (AvgIpc) is 2.92. The van der Waals surface area contributed by atoms with Crippen molar-refractivity contribution in [1.29, 1.82) is 0 Å². The van der Waals surface area contributed by atoms with E-state index in [4.69, 9.17) is 4.74 Å². The molecule has 118 valence electrons. The monoisotopic (exact) mass is 290 g/mol. The molecular formula is C19H30O2. The highest BCUT2D eigenvalue weighted by Gasteiger charge is 2.64. The second-order valence-corrected chi connectivity index (χ2v) is 8.60. The molecule has 21 heavy (non-hydrogen) atoms. The van der Waals surface area contributed by atoms with Gasteiger partial charge in [-0.3, -0.25) is 0 Å². The first kappa shape index (κ1) is 15.1. The van der Waals surface area contributed by atoms with Gasteiger partial charge in [0.25, 0.3) is 0 Å². The minimum atomic E-state index is -0.796. The molecule has 1 N–H and O–H groups in total. The van der Waals surface area contributed by atoms with Gasteiger partial charge < -0.3 is 9.84 Å². The zero-order valence-corrected chi connectivity index (χ0v) is 14.0. The van der Waals surface area contributed by atoms with Gasteiger partial charge in [-0.25, -0.2) is 0 Å². The highest BCUT2D eigenvalue weighted by atomic mass is 16.5. The summed E-state index contributed by atoms with van der Waals surface area (Å²) < 4.78 is 6.16. The van der Waals surface area contributed by atoms with Crippen LogP contribution in [0.25, 0.3) is 0 Å². The molecule has 0 aromatic heterocycles. The summed E-state index contributed by atoms with van der Waals surface area (Å²) in [4.78, 5) is 0. The summed E-state index contributed by atoms with van der Waals surface area (Å²) in [6, 6.07) is 0. The molecule has 0 radical (unpaired) electrons. The normalized spacial score (nSPS) is 48.4. The van der Waals surface area contributed by atoms with E-state index in [0.29, 0.717) is 11.3 Å². The molecule has 3 rings (SSSR count).